The average Bonchev–Trinajstić information content (AvgIpc) is 2.04. The van der Waals surface area contributed by atoms with Crippen LogP contribution in [0, 0.1) is 6.92 Å². The lowest BCUT2D eigenvalue weighted by molar-refractivity contribution is 0.0749. The summed E-state index contributed by atoms with van der Waals surface area (Å²) < 4.78 is 4.72. The van der Waals surface area contributed by atoms with E-state index in [2.05, 4.69) is 0 Å². The van der Waals surface area contributed by atoms with Crippen LogP contribution in [0.1, 0.15) is 15.9 Å². The number of carbonyl (C=O) groups is 1. The van der Waals surface area contributed by atoms with Crippen LogP contribution in [0.3, 0.4) is 0 Å². The Labute approximate surface area is 68.7 Å². The molecule has 0 heterocycles. The first-order chi connectivity index (χ1) is 5.25. The van der Waals surface area contributed by atoms with Crippen molar-refractivity contribution >= 4 is 16.5 Å². The summed E-state index contributed by atoms with van der Waals surface area (Å²) in [7, 11) is 0.456. The summed E-state index contributed by atoms with van der Waals surface area (Å²) in [6, 6.07) is 7.41. The van der Waals surface area contributed by atoms with Gasteiger partial charge in [-0.15, -0.1) is 0 Å². The predicted octanol–water partition coefficient (Wildman–Crippen LogP) is 0.432. The second-order valence-electron chi connectivity index (χ2n) is 2.31. The molecule has 1 aromatic rings. The van der Waals surface area contributed by atoms with Gasteiger partial charge in [0.1, 0.15) is 0 Å². The second kappa shape index (κ2) is 3.34. The molecule has 0 unspecified atom stereocenters. The summed E-state index contributed by atoms with van der Waals surface area (Å²) in [5, 5.41) is 0. The van der Waals surface area contributed by atoms with Crippen molar-refractivity contribution in [2.45, 2.75) is 6.92 Å². The van der Waals surface area contributed by atoms with Gasteiger partial charge < -0.3 is 4.43 Å². The van der Waals surface area contributed by atoms with Gasteiger partial charge in [0.25, 0.3) is 0 Å². The third-order valence-corrected chi connectivity index (χ3v) is 1.92. The summed E-state index contributed by atoms with van der Waals surface area (Å²) in [5.74, 6) is -0.213. The van der Waals surface area contributed by atoms with Gasteiger partial charge >= 0.3 is 5.97 Å². The van der Waals surface area contributed by atoms with Crippen LogP contribution in [0.4, 0.5) is 0 Å². The van der Waals surface area contributed by atoms with E-state index in [4.69, 9.17) is 4.43 Å². The monoisotopic (exact) mass is 166 g/mol. The molecule has 0 N–H and O–H groups in total. The third-order valence-electron chi connectivity index (χ3n) is 1.55. The Bertz CT molecular complexity index is 271. The average molecular weight is 166 g/mol. The molecule has 0 aliphatic heterocycles. The molecule has 0 radical (unpaired) electrons. The van der Waals surface area contributed by atoms with Crippen molar-refractivity contribution < 1.29 is 9.22 Å². The van der Waals surface area contributed by atoms with Gasteiger partial charge in [0, 0.05) is 0 Å². The van der Waals surface area contributed by atoms with Gasteiger partial charge in [0.2, 0.25) is 10.5 Å². The Morgan fingerprint density at radius 3 is 2.64 bits per heavy atom. The molecule has 1 aromatic carbocycles. The van der Waals surface area contributed by atoms with Crippen LogP contribution >= 0.6 is 0 Å². The van der Waals surface area contributed by atoms with E-state index in [1.165, 1.54) is 0 Å². The normalized spacial score (nSPS) is 9.55. The fourth-order valence-corrected chi connectivity index (χ4v) is 1.13. The minimum atomic E-state index is -0.213. The molecule has 0 amide bonds. The van der Waals surface area contributed by atoms with E-state index >= 15 is 0 Å². The molecular formula is C8H10O2Si. The minimum absolute atomic E-state index is 0.213. The number of carbonyl (C=O) groups excluding carboxylic acids is 1. The van der Waals surface area contributed by atoms with E-state index in [0.717, 1.165) is 5.56 Å². The van der Waals surface area contributed by atoms with Gasteiger partial charge in [-0.3, -0.25) is 0 Å². The smallest absolute Gasteiger partial charge is 0.324 e. The first kappa shape index (κ1) is 8.01. The van der Waals surface area contributed by atoms with Crippen LogP contribution in [0.25, 0.3) is 0 Å². The highest BCUT2D eigenvalue weighted by Gasteiger charge is 2.05. The van der Waals surface area contributed by atoms with Crippen molar-refractivity contribution in [2.75, 3.05) is 0 Å². The fourth-order valence-electron chi connectivity index (χ4n) is 0.912. The number of aryl methyl sites for hydroxylation is 1. The highest BCUT2D eigenvalue weighted by atomic mass is 28.2. The van der Waals surface area contributed by atoms with Crippen molar-refractivity contribution in [1.82, 2.24) is 0 Å². The van der Waals surface area contributed by atoms with Crippen LogP contribution in [0.2, 0.25) is 0 Å². The van der Waals surface area contributed by atoms with Crippen molar-refractivity contribution in [3.63, 3.8) is 0 Å². The third kappa shape index (κ3) is 1.68. The molecule has 0 aliphatic rings. The molecular weight excluding hydrogens is 156 g/mol. The maximum absolute atomic E-state index is 11.0. The van der Waals surface area contributed by atoms with E-state index in [0.29, 0.717) is 16.0 Å². The van der Waals surface area contributed by atoms with Crippen LogP contribution in [-0.2, 0) is 4.43 Å². The van der Waals surface area contributed by atoms with Crippen molar-refractivity contribution in [1.29, 1.82) is 0 Å². The molecule has 3 heteroatoms. The lowest BCUT2D eigenvalue weighted by atomic mass is 10.1. The number of hydrogen-bond donors (Lipinski definition) is 0. The first-order valence-corrected chi connectivity index (χ1v) is 4.21. The summed E-state index contributed by atoms with van der Waals surface area (Å²) in [6.07, 6.45) is 0. The van der Waals surface area contributed by atoms with E-state index < -0.39 is 0 Å². The highest BCUT2D eigenvalue weighted by molar-refractivity contribution is 6.09. The maximum Gasteiger partial charge on any atom is 0.324 e. The zero-order valence-corrected chi connectivity index (χ0v) is 8.63. The largest absolute Gasteiger partial charge is 0.525 e. The Balaban J connectivity index is 3.03. The maximum atomic E-state index is 11.0. The van der Waals surface area contributed by atoms with Crippen LogP contribution in [0.5, 0.6) is 0 Å². The lowest BCUT2D eigenvalue weighted by Crippen LogP contribution is -2.03. The molecule has 1 rings (SSSR count). The Hall–Kier alpha value is -1.09. The van der Waals surface area contributed by atoms with Gasteiger partial charge in [0.15, 0.2) is 0 Å². The van der Waals surface area contributed by atoms with Gasteiger partial charge in [-0.2, -0.15) is 0 Å². The molecule has 2 nitrogen and oxygen atoms in total. The van der Waals surface area contributed by atoms with Crippen molar-refractivity contribution in [3.8, 4) is 0 Å². The molecule has 0 atom stereocenters. The summed E-state index contributed by atoms with van der Waals surface area (Å²) in [5.41, 5.74) is 1.64. The predicted molar refractivity (Wildman–Crippen MR) is 46.5 cm³/mol. The Morgan fingerprint density at radius 1 is 1.45 bits per heavy atom. The molecule has 0 saturated heterocycles. The SMILES string of the molecule is Cc1ccccc1C(=O)O[SiH3]. The molecule has 58 valence electrons. The summed E-state index contributed by atoms with van der Waals surface area (Å²) in [4.78, 5) is 11.0. The van der Waals surface area contributed by atoms with Gasteiger partial charge in [-0.25, -0.2) is 4.79 Å². The van der Waals surface area contributed by atoms with Gasteiger partial charge in [0.05, 0.1) is 5.56 Å². The summed E-state index contributed by atoms with van der Waals surface area (Å²) in [6.45, 7) is 1.90. The molecule has 0 aliphatic carbocycles. The van der Waals surface area contributed by atoms with E-state index in [1.54, 1.807) is 6.07 Å². The summed E-state index contributed by atoms with van der Waals surface area (Å²) >= 11 is 0. The topological polar surface area (TPSA) is 26.3 Å². The molecule has 0 aromatic heterocycles. The molecule has 0 fully saturated rings. The van der Waals surface area contributed by atoms with Crippen LogP contribution < -0.4 is 0 Å². The first-order valence-electron chi connectivity index (χ1n) is 3.39. The van der Waals surface area contributed by atoms with Crippen molar-refractivity contribution in [2.24, 2.45) is 0 Å². The van der Waals surface area contributed by atoms with E-state index in [1.807, 2.05) is 25.1 Å². The Kier molecular flexibility index (Phi) is 2.43. The van der Waals surface area contributed by atoms with E-state index in [9.17, 15) is 4.79 Å². The Morgan fingerprint density at radius 2 is 2.09 bits per heavy atom. The van der Waals surface area contributed by atoms with Gasteiger partial charge in [-0.05, 0) is 18.6 Å². The van der Waals surface area contributed by atoms with Gasteiger partial charge in [-0.1, -0.05) is 18.2 Å². The second-order valence-corrected chi connectivity index (χ2v) is 2.71. The number of benzene rings is 1. The molecule has 0 bridgehead atoms. The molecule has 0 saturated carbocycles. The fraction of sp³-hybridized carbons (Fsp3) is 0.125. The quantitative estimate of drug-likeness (QED) is 0.566. The number of hydrogen-bond acceptors (Lipinski definition) is 2. The number of rotatable bonds is 1. The highest BCUT2D eigenvalue weighted by Crippen LogP contribution is 2.07. The molecule has 0 spiro atoms. The molecule has 11 heavy (non-hydrogen) atoms. The zero-order chi connectivity index (χ0) is 8.27. The van der Waals surface area contributed by atoms with Crippen LogP contribution in [-0.4, -0.2) is 16.5 Å². The van der Waals surface area contributed by atoms with E-state index in [-0.39, 0.29) is 5.97 Å². The lowest BCUT2D eigenvalue weighted by Gasteiger charge is -2.01. The van der Waals surface area contributed by atoms with Crippen molar-refractivity contribution in [3.05, 3.63) is 35.4 Å². The zero-order valence-electron chi connectivity index (χ0n) is 6.63. The van der Waals surface area contributed by atoms with Crippen LogP contribution in [0.15, 0.2) is 24.3 Å². The standard InChI is InChI=1S/C8H10O2Si/c1-6-4-2-3-5-7(6)8(9)10-11/h2-5H,1,11H3. The minimum Gasteiger partial charge on any atom is -0.525 e.